The lowest BCUT2D eigenvalue weighted by atomic mass is 9.90. The van der Waals surface area contributed by atoms with E-state index in [-0.39, 0.29) is 0 Å². The number of ether oxygens (including phenoxy) is 2. The minimum Gasteiger partial charge on any atom is -0.496 e. The van der Waals surface area contributed by atoms with Crippen LogP contribution in [-0.4, -0.2) is 94.1 Å². The molecule has 0 atom stereocenters. The van der Waals surface area contributed by atoms with Crippen molar-refractivity contribution in [1.29, 1.82) is 0 Å². The number of hydrogen-bond acceptors (Lipinski definition) is 8. The lowest BCUT2D eigenvalue weighted by Crippen LogP contribution is -2.51. The highest BCUT2D eigenvalue weighted by atomic mass is 16.5. The van der Waals surface area contributed by atoms with Crippen LogP contribution in [0.3, 0.4) is 0 Å². The van der Waals surface area contributed by atoms with Crippen molar-refractivity contribution in [2.45, 2.75) is 50.6 Å². The maximum atomic E-state index is 6.50. The fraction of sp³-hybridized carbons (Fsp3) is 0.457. The van der Waals surface area contributed by atoms with Gasteiger partial charge in [-0.05, 0) is 61.9 Å². The maximum absolute atomic E-state index is 6.50. The molecule has 10 heteroatoms. The molecule has 45 heavy (non-hydrogen) atoms. The number of hydrogen-bond donors (Lipinski definition) is 2. The first-order valence-corrected chi connectivity index (χ1v) is 16.3. The largest absolute Gasteiger partial charge is 0.496 e. The molecule has 0 bridgehead atoms. The van der Waals surface area contributed by atoms with E-state index in [0.29, 0.717) is 17.9 Å². The number of anilines is 1. The number of piperazine rings is 1. The van der Waals surface area contributed by atoms with Gasteiger partial charge in [-0.1, -0.05) is 24.3 Å². The zero-order valence-electron chi connectivity index (χ0n) is 26.4. The molecule has 1 aliphatic carbocycles. The van der Waals surface area contributed by atoms with Crippen LogP contribution in [0.2, 0.25) is 0 Å². The molecule has 0 radical (unpaired) electrons. The van der Waals surface area contributed by atoms with E-state index in [9.17, 15) is 0 Å². The molecule has 4 heterocycles. The zero-order valence-corrected chi connectivity index (χ0v) is 26.4. The number of nitrogens with zero attached hydrogens (tertiary/aromatic N) is 6. The lowest BCUT2D eigenvalue weighted by molar-refractivity contribution is 0.0662. The van der Waals surface area contributed by atoms with Crippen molar-refractivity contribution in [3.05, 3.63) is 66.1 Å². The van der Waals surface area contributed by atoms with Gasteiger partial charge < -0.3 is 25.1 Å². The van der Waals surface area contributed by atoms with Gasteiger partial charge in [-0.2, -0.15) is 5.10 Å². The Morgan fingerprint density at radius 3 is 2.53 bits per heavy atom. The highest BCUT2D eigenvalue weighted by Gasteiger charge is 2.31. The van der Waals surface area contributed by atoms with Crippen LogP contribution >= 0.6 is 0 Å². The summed E-state index contributed by atoms with van der Waals surface area (Å²) in [7, 11) is 3.50. The average molecular weight is 609 g/mol. The molecule has 5 aromatic rings. The number of aromatic amines is 1. The summed E-state index contributed by atoms with van der Waals surface area (Å²) >= 11 is 0. The predicted octanol–water partition coefficient (Wildman–Crippen LogP) is 5.29. The number of nitrogens with one attached hydrogen (secondary N) is 1. The average Bonchev–Trinajstić information content (AvgIpc) is 3.67. The first-order valence-electron chi connectivity index (χ1n) is 16.3. The number of methoxy groups -OCH3 is 2. The normalized spacial score (nSPS) is 19.9. The molecular formula is C35H44N8O2. The minimum atomic E-state index is 0.297. The second-order valence-electron chi connectivity index (χ2n) is 12.5. The summed E-state index contributed by atoms with van der Waals surface area (Å²) in [6, 6.07) is 17.8. The Morgan fingerprint density at radius 1 is 0.933 bits per heavy atom. The van der Waals surface area contributed by atoms with Crippen molar-refractivity contribution >= 4 is 27.8 Å². The Labute approximate surface area is 264 Å². The summed E-state index contributed by atoms with van der Waals surface area (Å²) in [4.78, 5) is 17.9. The number of aromatic nitrogens is 5. The standard InChI is InChI=1S/C35H44N8O2/c1-44-19-5-14-41-15-17-42(18-16-41)28-9-11-29(12-10-28)43-35-32(34(36)37-23-38-35)33(40-43)25-8-13-30-26(20-25)22-27(39-30)21-24-6-3-4-7-31(24)45-2/h3-4,6-8,13,20,22-23,28-29,39H,5,9-12,14-19,21H2,1-2H3,(H2,36,37,38)/t28-,29-. The monoisotopic (exact) mass is 608 g/mol. The van der Waals surface area contributed by atoms with Crippen LogP contribution in [0.25, 0.3) is 33.2 Å². The number of fused-ring (bicyclic) bond motifs is 2. The van der Waals surface area contributed by atoms with Crippen LogP contribution in [0, 0.1) is 0 Å². The van der Waals surface area contributed by atoms with Crippen molar-refractivity contribution in [1.82, 2.24) is 34.5 Å². The van der Waals surface area contributed by atoms with E-state index < -0.39 is 0 Å². The fourth-order valence-corrected chi connectivity index (χ4v) is 7.39. The Kier molecular flexibility index (Phi) is 8.69. The van der Waals surface area contributed by atoms with Crippen LogP contribution in [-0.2, 0) is 11.2 Å². The van der Waals surface area contributed by atoms with Crippen LogP contribution in [0.1, 0.15) is 49.4 Å². The van der Waals surface area contributed by atoms with Crippen LogP contribution in [0.15, 0.2) is 54.9 Å². The molecule has 2 aromatic carbocycles. The molecule has 1 saturated carbocycles. The van der Waals surface area contributed by atoms with Gasteiger partial charge >= 0.3 is 0 Å². The van der Waals surface area contributed by atoms with Crippen molar-refractivity contribution < 1.29 is 9.47 Å². The highest BCUT2D eigenvalue weighted by molar-refractivity contribution is 6.00. The van der Waals surface area contributed by atoms with E-state index in [2.05, 4.69) is 54.8 Å². The molecule has 2 aliphatic rings. The van der Waals surface area contributed by atoms with E-state index in [1.54, 1.807) is 20.5 Å². The second kappa shape index (κ2) is 13.2. The van der Waals surface area contributed by atoms with Crippen LogP contribution in [0.4, 0.5) is 5.82 Å². The van der Waals surface area contributed by atoms with Crippen molar-refractivity contribution in [3.8, 4) is 17.0 Å². The van der Waals surface area contributed by atoms with E-state index in [0.717, 1.165) is 115 Å². The van der Waals surface area contributed by atoms with Crippen molar-refractivity contribution in [2.24, 2.45) is 0 Å². The summed E-state index contributed by atoms with van der Waals surface area (Å²) < 4.78 is 12.9. The summed E-state index contributed by atoms with van der Waals surface area (Å²) in [5, 5.41) is 7.18. The van der Waals surface area contributed by atoms with E-state index in [1.165, 1.54) is 12.8 Å². The van der Waals surface area contributed by atoms with Gasteiger partial charge in [-0.25, -0.2) is 14.6 Å². The molecule has 236 valence electrons. The first-order chi connectivity index (χ1) is 22.1. The summed E-state index contributed by atoms with van der Waals surface area (Å²) in [6.07, 6.45) is 7.96. The summed E-state index contributed by atoms with van der Waals surface area (Å²) in [6.45, 7) is 6.60. The van der Waals surface area contributed by atoms with Gasteiger partial charge in [0.15, 0.2) is 5.65 Å². The van der Waals surface area contributed by atoms with E-state index in [1.807, 2.05) is 18.2 Å². The SMILES string of the molecule is COCCCN1CCN([C@H]2CC[C@H](n3nc(-c4ccc5[nH]c(Cc6ccccc6OC)cc5c4)c4c(N)ncnc43)CC2)CC1. The molecule has 0 spiro atoms. The number of rotatable bonds is 10. The Bertz CT molecular complexity index is 1750. The number of H-pyrrole nitrogens is 1. The molecule has 3 N–H and O–H groups in total. The van der Waals surface area contributed by atoms with Crippen LogP contribution in [0.5, 0.6) is 5.75 Å². The molecule has 1 aliphatic heterocycles. The molecular weight excluding hydrogens is 564 g/mol. The molecule has 3 aromatic heterocycles. The lowest BCUT2D eigenvalue weighted by Gasteiger charge is -2.42. The third-order valence-electron chi connectivity index (χ3n) is 9.80. The van der Waals surface area contributed by atoms with E-state index in [4.69, 9.17) is 25.3 Å². The summed E-state index contributed by atoms with van der Waals surface area (Å²) in [5.74, 6) is 1.37. The highest BCUT2D eigenvalue weighted by Crippen LogP contribution is 2.38. The summed E-state index contributed by atoms with van der Waals surface area (Å²) in [5.41, 5.74) is 12.6. The van der Waals surface area contributed by atoms with Crippen molar-refractivity contribution in [2.75, 3.05) is 59.3 Å². The molecule has 10 nitrogen and oxygen atoms in total. The van der Waals surface area contributed by atoms with Crippen LogP contribution < -0.4 is 10.5 Å². The van der Waals surface area contributed by atoms with Gasteiger partial charge in [0.2, 0.25) is 0 Å². The van der Waals surface area contributed by atoms with Gasteiger partial charge in [0.25, 0.3) is 0 Å². The molecule has 7 rings (SSSR count). The van der Waals surface area contributed by atoms with E-state index >= 15 is 0 Å². The third-order valence-corrected chi connectivity index (χ3v) is 9.80. The van der Waals surface area contributed by atoms with Gasteiger partial charge in [-0.3, -0.25) is 4.90 Å². The maximum Gasteiger partial charge on any atom is 0.164 e. The Balaban J connectivity index is 1.08. The Hall–Kier alpha value is -3.99. The first kappa shape index (κ1) is 29.7. The number of nitrogens with two attached hydrogens (primary N) is 1. The smallest absolute Gasteiger partial charge is 0.164 e. The predicted molar refractivity (Wildman–Crippen MR) is 179 cm³/mol. The topological polar surface area (TPSA) is 110 Å². The molecule has 0 unspecified atom stereocenters. The van der Waals surface area contributed by atoms with Gasteiger partial charge in [0.05, 0.1) is 18.5 Å². The quantitative estimate of drug-likeness (QED) is 0.206. The Morgan fingerprint density at radius 2 is 1.73 bits per heavy atom. The molecule has 2 fully saturated rings. The second-order valence-corrected chi connectivity index (χ2v) is 12.5. The molecule has 0 amide bonds. The molecule has 1 saturated heterocycles. The number of para-hydroxylation sites is 1. The third kappa shape index (κ3) is 6.14. The fourth-order valence-electron chi connectivity index (χ4n) is 7.39. The van der Waals surface area contributed by atoms with Crippen molar-refractivity contribution in [3.63, 3.8) is 0 Å². The minimum absolute atomic E-state index is 0.297. The van der Waals surface area contributed by atoms with Gasteiger partial charge in [-0.15, -0.1) is 0 Å². The zero-order chi connectivity index (χ0) is 30.8. The number of benzene rings is 2. The van der Waals surface area contributed by atoms with Gasteiger partial charge in [0.1, 0.15) is 23.6 Å². The number of nitrogen functional groups attached to an aromatic ring is 1. The van der Waals surface area contributed by atoms with Gasteiger partial charge in [0, 0.05) is 81.1 Å².